The van der Waals surface area contributed by atoms with Crippen LogP contribution < -0.4 is 4.74 Å². The van der Waals surface area contributed by atoms with Gasteiger partial charge in [0.05, 0.1) is 12.6 Å². The van der Waals surface area contributed by atoms with E-state index in [0.717, 1.165) is 0 Å². The van der Waals surface area contributed by atoms with Gasteiger partial charge in [0.25, 0.3) is 5.70 Å². The number of hydrogen-bond donors (Lipinski definition) is 0. The van der Waals surface area contributed by atoms with E-state index in [2.05, 4.69) is 11.4 Å². The van der Waals surface area contributed by atoms with Crippen LogP contribution in [-0.2, 0) is 4.79 Å². The van der Waals surface area contributed by atoms with Gasteiger partial charge >= 0.3 is 5.97 Å². The van der Waals surface area contributed by atoms with Crippen molar-refractivity contribution < 1.29 is 9.53 Å². The van der Waals surface area contributed by atoms with E-state index in [4.69, 9.17) is 16.6 Å². The van der Waals surface area contributed by atoms with Crippen molar-refractivity contribution in [3.63, 3.8) is 0 Å². The van der Waals surface area contributed by atoms with Crippen LogP contribution in [-0.4, -0.2) is 5.97 Å². The van der Waals surface area contributed by atoms with Crippen LogP contribution in [0.1, 0.15) is 12.5 Å². The summed E-state index contributed by atoms with van der Waals surface area (Å²) in [6.07, 6.45) is 1.46. The minimum Gasteiger partial charge on any atom is -0.423 e. The fourth-order valence-corrected chi connectivity index (χ4v) is 1.07. The van der Waals surface area contributed by atoms with Crippen LogP contribution in [0.4, 0.5) is 0 Å². The van der Waals surface area contributed by atoms with E-state index in [-0.39, 0.29) is 5.70 Å². The van der Waals surface area contributed by atoms with Crippen LogP contribution in [0.5, 0.6) is 5.75 Å². The maximum Gasteiger partial charge on any atom is 0.338 e. The second-order valence-corrected chi connectivity index (χ2v) is 3.49. The lowest BCUT2D eigenvalue weighted by Crippen LogP contribution is -2.07. The van der Waals surface area contributed by atoms with Crippen molar-refractivity contribution in [2.75, 3.05) is 0 Å². The van der Waals surface area contributed by atoms with Crippen molar-refractivity contribution in [1.82, 2.24) is 0 Å². The van der Waals surface area contributed by atoms with Gasteiger partial charge in [-0.05, 0) is 30.7 Å². The number of ether oxygens (including phenoxy) is 1. The molecule has 0 saturated heterocycles. The Bertz CT molecular complexity index is 568. The van der Waals surface area contributed by atoms with Crippen molar-refractivity contribution in [3.8, 4) is 11.8 Å². The van der Waals surface area contributed by atoms with Gasteiger partial charge in [0.1, 0.15) is 5.75 Å². The Morgan fingerprint density at radius 2 is 2.11 bits per heavy atom. The topological polar surface area (TPSA) is 54.4 Å². The molecule has 0 N–H and O–H groups in total. The van der Waals surface area contributed by atoms with Gasteiger partial charge < -0.3 is 4.74 Å². The number of allylic oxidation sites excluding steroid dienone is 1. The first-order chi connectivity index (χ1) is 8.56. The first kappa shape index (κ1) is 13.2. The summed E-state index contributed by atoms with van der Waals surface area (Å²) in [6.45, 7) is 11.8. The van der Waals surface area contributed by atoms with Gasteiger partial charge in [-0.15, -0.1) is 0 Å². The van der Waals surface area contributed by atoms with Gasteiger partial charge in [0, 0.05) is 5.57 Å². The number of benzene rings is 1. The van der Waals surface area contributed by atoms with Crippen molar-refractivity contribution in [2.45, 2.75) is 6.92 Å². The maximum absolute atomic E-state index is 11.3. The highest BCUT2D eigenvalue weighted by atomic mass is 16.5. The molecule has 88 valence electrons. The zero-order valence-corrected chi connectivity index (χ0v) is 9.80. The molecule has 0 aliphatic rings. The predicted molar refractivity (Wildman–Crippen MR) is 67.1 cm³/mol. The van der Waals surface area contributed by atoms with Crippen molar-refractivity contribution in [3.05, 3.63) is 59.1 Å². The molecule has 0 aromatic heterocycles. The summed E-state index contributed by atoms with van der Waals surface area (Å²) >= 11 is 0. The number of carbonyl (C=O) groups excluding carboxylic acids is 1. The average Bonchev–Trinajstić information content (AvgIpc) is 2.37. The van der Waals surface area contributed by atoms with Gasteiger partial charge in [-0.3, -0.25) is 0 Å². The van der Waals surface area contributed by atoms with Crippen LogP contribution in [0.25, 0.3) is 10.9 Å². The summed E-state index contributed by atoms with van der Waals surface area (Å²) in [7, 11) is 0. The van der Waals surface area contributed by atoms with E-state index in [1.165, 1.54) is 6.08 Å². The minimum absolute atomic E-state index is 0.00156. The molecule has 0 aliphatic carbocycles. The van der Waals surface area contributed by atoms with Gasteiger partial charge in [-0.25, -0.2) is 14.9 Å². The summed E-state index contributed by atoms with van der Waals surface area (Å²) in [5.41, 5.74) is 1.01. The van der Waals surface area contributed by atoms with E-state index in [1.807, 2.05) is 0 Å². The quantitative estimate of drug-likeness (QED) is 0.267. The van der Waals surface area contributed by atoms with E-state index in [9.17, 15) is 4.79 Å². The lowest BCUT2D eigenvalue weighted by molar-refractivity contribution is -0.130. The number of carbonyl (C=O) groups is 1. The zero-order valence-electron chi connectivity index (χ0n) is 9.80. The molecule has 0 amide bonds. The molecule has 4 nitrogen and oxygen atoms in total. The molecule has 1 rings (SSSR count). The molecule has 0 radical (unpaired) electrons. The van der Waals surface area contributed by atoms with Gasteiger partial charge in [0.15, 0.2) is 0 Å². The summed E-state index contributed by atoms with van der Waals surface area (Å²) in [5, 5.41) is 8.61. The van der Waals surface area contributed by atoms with Crippen LogP contribution >= 0.6 is 0 Å². The smallest absolute Gasteiger partial charge is 0.338 e. The Hall–Kier alpha value is -2.85. The minimum atomic E-state index is -0.489. The summed E-state index contributed by atoms with van der Waals surface area (Å²) in [5.74, 6) is -0.0985. The highest BCUT2D eigenvalue weighted by Gasteiger charge is 2.04. The fourth-order valence-electron chi connectivity index (χ4n) is 1.07. The molecule has 4 heteroatoms. The largest absolute Gasteiger partial charge is 0.423 e. The average molecular weight is 238 g/mol. The summed E-state index contributed by atoms with van der Waals surface area (Å²) in [6, 6.07) is 8.26. The summed E-state index contributed by atoms with van der Waals surface area (Å²) in [4.78, 5) is 14.3. The predicted octanol–water partition coefficient (Wildman–Crippen LogP) is 2.95. The Morgan fingerprint density at radius 1 is 1.50 bits per heavy atom. The third kappa shape index (κ3) is 3.62. The monoisotopic (exact) mass is 238 g/mol. The summed E-state index contributed by atoms with van der Waals surface area (Å²) < 4.78 is 5.00. The SMILES string of the molecule is [C-]#[N+]/C(C#N)=C\c1ccc(OC(=O)C(=C)C)cc1. The maximum atomic E-state index is 11.3. The molecule has 0 atom stereocenters. The van der Waals surface area contributed by atoms with E-state index < -0.39 is 5.97 Å². The van der Waals surface area contributed by atoms with Crippen molar-refractivity contribution in [2.24, 2.45) is 0 Å². The van der Waals surface area contributed by atoms with E-state index in [0.29, 0.717) is 16.9 Å². The second kappa shape index (κ2) is 6.03. The van der Waals surface area contributed by atoms with Gasteiger partial charge in [0.2, 0.25) is 0 Å². The molecule has 0 saturated carbocycles. The lowest BCUT2D eigenvalue weighted by atomic mass is 10.2. The van der Waals surface area contributed by atoms with Crippen LogP contribution in [0.2, 0.25) is 0 Å². The number of nitriles is 1. The Balaban J connectivity index is 2.85. The van der Waals surface area contributed by atoms with E-state index in [1.54, 1.807) is 37.3 Å². The number of rotatable bonds is 3. The molecular formula is C14H10N2O2. The lowest BCUT2D eigenvalue weighted by Gasteiger charge is -2.03. The normalized spacial score (nSPS) is 10.1. The molecule has 1 aromatic rings. The molecule has 0 heterocycles. The zero-order chi connectivity index (χ0) is 13.5. The standard InChI is InChI=1S/C14H10N2O2/c1-10(2)14(17)18-13-6-4-11(5-7-13)8-12(9-15)16-3/h4-8H,1H2,2H3/b12-8-. The third-order valence-electron chi connectivity index (χ3n) is 1.98. The van der Waals surface area contributed by atoms with Crippen LogP contribution in [0, 0.1) is 17.9 Å². The van der Waals surface area contributed by atoms with Crippen LogP contribution in [0.15, 0.2) is 42.1 Å². The second-order valence-electron chi connectivity index (χ2n) is 3.49. The first-order valence-corrected chi connectivity index (χ1v) is 5.04. The molecule has 0 aliphatic heterocycles. The molecule has 0 fully saturated rings. The van der Waals surface area contributed by atoms with Crippen LogP contribution in [0.3, 0.4) is 0 Å². The molecule has 18 heavy (non-hydrogen) atoms. The Kier molecular flexibility index (Phi) is 4.42. The highest BCUT2D eigenvalue weighted by Crippen LogP contribution is 2.15. The first-order valence-electron chi connectivity index (χ1n) is 5.04. The van der Waals surface area contributed by atoms with Gasteiger partial charge in [-0.2, -0.15) is 0 Å². The Morgan fingerprint density at radius 3 is 2.56 bits per heavy atom. The number of nitrogens with zero attached hydrogens (tertiary/aromatic N) is 2. The number of esters is 1. The highest BCUT2D eigenvalue weighted by molar-refractivity contribution is 5.88. The van der Waals surface area contributed by atoms with E-state index >= 15 is 0 Å². The van der Waals surface area contributed by atoms with Gasteiger partial charge in [-0.1, -0.05) is 18.7 Å². The fraction of sp³-hybridized carbons (Fsp3) is 0.0714. The third-order valence-corrected chi connectivity index (χ3v) is 1.98. The van der Waals surface area contributed by atoms with Crippen molar-refractivity contribution >= 4 is 12.0 Å². The molecule has 1 aromatic carbocycles. The molecule has 0 bridgehead atoms. The Labute approximate surface area is 105 Å². The number of hydrogen-bond acceptors (Lipinski definition) is 3. The van der Waals surface area contributed by atoms with Crippen molar-refractivity contribution in [1.29, 1.82) is 5.26 Å². The molecule has 0 spiro atoms. The molecule has 0 unspecified atom stereocenters. The molecular weight excluding hydrogens is 228 g/mol.